The third kappa shape index (κ3) is 4.17. The molecule has 0 radical (unpaired) electrons. The summed E-state index contributed by atoms with van der Waals surface area (Å²) in [7, 11) is 7.05. The van der Waals surface area contributed by atoms with Crippen molar-refractivity contribution in [1.82, 2.24) is 14.9 Å². The summed E-state index contributed by atoms with van der Waals surface area (Å²) in [5, 5.41) is 3.13. The van der Waals surface area contributed by atoms with E-state index in [1.807, 2.05) is 41.8 Å². The van der Waals surface area contributed by atoms with Crippen molar-refractivity contribution < 1.29 is 19.2 Å². The molecule has 0 spiro atoms. The first-order chi connectivity index (χ1) is 13.2. The largest absolute Gasteiger partial charge is 0.493 e. The smallest absolute Gasteiger partial charge is 0.187 e. The van der Waals surface area contributed by atoms with Crippen LogP contribution in [0.2, 0.25) is 0 Å². The molecule has 3 rings (SSSR count). The molecule has 0 atom stereocenters. The highest BCUT2D eigenvalue weighted by Gasteiger charge is 2.22. The Kier molecular flexibility index (Phi) is 6.19. The zero-order valence-electron chi connectivity index (χ0n) is 16.0. The van der Waals surface area contributed by atoms with Gasteiger partial charge in [0.2, 0.25) is 0 Å². The van der Waals surface area contributed by atoms with Gasteiger partial charge in [-0.3, -0.25) is 0 Å². The number of likely N-dealkylation sites (N-methyl/N-ethyl adjacent to an activating group) is 1. The second-order valence-electron chi connectivity index (χ2n) is 5.96. The first-order valence-corrected chi connectivity index (χ1v) is 8.61. The fourth-order valence-corrected chi connectivity index (χ4v) is 2.76. The van der Waals surface area contributed by atoms with Gasteiger partial charge in [0.15, 0.2) is 29.9 Å². The Morgan fingerprint density at radius 1 is 1.19 bits per heavy atom. The highest BCUT2D eigenvalue weighted by atomic mass is 17.2. The molecule has 2 heterocycles. The maximum atomic E-state index is 5.33. The minimum Gasteiger partial charge on any atom is -0.493 e. The lowest BCUT2D eigenvalue weighted by Gasteiger charge is -2.19. The second-order valence-corrected chi connectivity index (χ2v) is 5.96. The SMILES string of the molecule is CNCCN1COOCc2c1nc(C#Cc1ccc(OC)c(OC)c1)n2C. The number of nitrogens with one attached hydrogen (secondary N) is 1. The summed E-state index contributed by atoms with van der Waals surface area (Å²) in [6.07, 6.45) is 0. The fourth-order valence-electron chi connectivity index (χ4n) is 2.76. The molecule has 144 valence electrons. The van der Waals surface area contributed by atoms with Crippen molar-refractivity contribution in [3.8, 4) is 23.3 Å². The molecule has 1 aromatic heterocycles. The number of methoxy groups -OCH3 is 2. The predicted molar refractivity (Wildman–Crippen MR) is 101 cm³/mol. The molecule has 0 saturated heterocycles. The first-order valence-electron chi connectivity index (χ1n) is 8.61. The molecular formula is C19H24N4O4. The lowest BCUT2D eigenvalue weighted by atomic mass is 10.2. The van der Waals surface area contributed by atoms with Gasteiger partial charge in [0.25, 0.3) is 0 Å². The summed E-state index contributed by atoms with van der Waals surface area (Å²) in [4.78, 5) is 17.2. The standard InChI is InChI=1S/C19H24N4O4/c1-20-9-10-23-13-27-26-12-15-19(23)21-18(22(15)2)8-6-14-5-7-16(24-3)17(11-14)25-4/h5,7,11,20H,9-10,12-13H2,1-4H3. The Morgan fingerprint density at radius 2 is 2.00 bits per heavy atom. The molecule has 1 aliphatic rings. The number of rotatable bonds is 5. The van der Waals surface area contributed by atoms with E-state index in [2.05, 4.69) is 17.2 Å². The van der Waals surface area contributed by atoms with E-state index in [0.29, 0.717) is 30.7 Å². The van der Waals surface area contributed by atoms with Crippen molar-refractivity contribution in [2.45, 2.75) is 6.61 Å². The van der Waals surface area contributed by atoms with Crippen LogP contribution in [0.25, 0.3) is 0 Å². The van der Waals surface area contributed by atoms with E-state index < -0.39 is 0 Å². The molecule has 1 N–H and O–H groups in total. The number of aromatic nitrogens is 2. The zero-order valence-corrected chi connectivity index (χ0v) is 16.0. The molecule has 0 aliphatic carbocycles. The third-order valence-electron chi connectivity index (χ3n) is 4.31. The highest BCUT2D eigenvalue weighted by molar-refractivity contribution is 5.52. The van der Waals surface area contributed by atoms with E-state index in [4.69, 9.17) is 24.2 Å². The average Bonchev–Trinajstić information content (AvgIpc) is 2.87. The van der Waals surface area contributed by atoms with Crippen LogP contribution in [0.15, 0.2) is 18.2 Å². The molecular weight excluding hydrogens is 348 g/mol. The van der Waals surface area contributed by atoms with Gasteiger partial charge in [0, 0.05) is 25.7 Å². The molecule has 0 amide bonds. The van der Waals surface area contributed by atoms with Crippen molar-refractivity contribution in [3.05, 3.63) is 35.3 Å². The van der Waals surface area contributed by atoms with E-state index in [-0.39, 0.29) is 0 Å². The molecule has 1 aromatic carbocycles. The van der Waals surface area contributed by atoms with Crippen molar-refractivity contribution in [2.75, 3.05) is 46.0 Å². The van der Waals surface area contributed by atoms with Crippen LogP contribution in [-0.2, 0) is 23.4 Å². The van der Waals surface area contributed by atoms with Gasteiger partial charge in [-0.15, -0.1) is 0 Å². The van der Waals surface area contributed by atoms with Gasteiger partial charge < -0.3 is 24.3 Å². The van der Waals surface area contributed by atoms with E-state index >= 15 is 0 Å². The molecule has 0 saturated carbocycles. The third-order valence-corrected chi connectivity index (χ3v) is 4.31. The summed E-state index contributed by atoms with van der Waals surface area (Å²) < 4.78 is 12.5. The Bertz CT molecular complexity index is 853. The molecule has 0 unspecified atom stereocenters. The fraction of sp³-hybridized carbons (Fsp3) is 0.421. The Labute approximate surface area is 158 Å². The monoisotopic (exact) mass is 372 g/mol. The van der Waals surface area contributed by atoms with Crippen LogP contribution >= 0.6 is 0 Å². The summed E-state index contributed by atoms with van der Waals surface area (Å²) in [6, 6.07) is 5.56. The molecule has 8 heteroatoms. The van der Waals surface area contributed by atoms with Crippen LogP contribution in [0.1, 0.15) is 17.1 Å². The van der Waals surface area contributed by atoms with E-state index in [9.17, 15) is 0 Å². The van der Waals surface area contributed by atoms with Crippen molar-refractivity contribution in [3.63, 3.8) is 0 Å². The zero-order chi connectivity index (χ0) is 19.2. The van der Waals surface area contributed by atoms with Gasteiger partial charge in [-0.05, 0) is 31.2 Å². The minimum atomic E-state index is 0.326. The van der Waals surface area contributed by atoms with Crippen LogP contribution in [0.4, 0.5) is 5.82 Å². The quantitative estimate of drug-likeness (QED) is 0.626. The number of nitrogens with zero attached hydrogens (tertiary/aromatic N) is 3. The number of imidazole rings is 1. The minimum absolute atomic E-state index is 0.326. The van der Waals surface area contributed by atoms with Crippen LogP contribution in [0.5, 0.6) is 11.5 Å². The first kappa shape index (κ1) is 19.0. The van der Waals surface area contributed by atoms with Crippen LogP contribution in [0, 0.1) is 11.8 Å². The molecule has 2 aromatic rings. The van der Waals surface area contributed by atoms with Gasteiger partial charge in [0.1, 0.15) is 6.61 Å². The van der Waals surface area contributed by atoms with Gasteiger partial charge in [-0.1, -0.05) is 5.92 Å². The van der Waals surface area contributed by atoms with Crippen molar-refractivity contribution in [1.29, 1.82) is 0 Å². The van der Waals surface area contributed by atoms with Gasteiger partial charge in [-0.25, -0.2) is 14.8 Å². The van der Waals surface area contributed by atoms with Crippen LogP contribution in [-0.4, -0.2) is 50.6 Å². The molecule has 1 aliphatic heterocycles. The molecule has 8 nitrogen and oxygen atoms in total. The van der Waals surface area contributed by atoms with E-state index in [0.717, 1.165) is 30.2 Å². The Morgan fingerprint density at radius 3 is 2.74 bits per heavy atom. The molecule has 0 bridgehead atoms. The molecule has 0 fully saturated rings. The summed E-state index contributed by atoms with van der Waals surface area (Å²) >= 11 is 0. The second kappa shape index (κ2) is 8.77. The highest BCUT2D eigenvalue weighted by Crippen LogP contribution is 2.27. The average molecular weight is 372 g/mol. The summed E-state index contributed by atoms with van der Waals surface area (Å²) in [5.41, 5.74) is 1.75. The van der Waals surface area contributed by atoms with Gasteiger partial charge >= 0.3 is 0 Å². The van der Waals surface area contributed by atoms with Crippen molar-refractivity contribution in [2.24, 2.45) is 7.05 Å². The van der Waals surface area contributed by atoms with E-state index in [1.165, 1.54) is 0 Å². The number of ether oxygens (including phenoxy) is 2. The van der Waals surface area contributed by atoms with Crippen molar-refractivity contribution >= 4 is 5.82 Å². The summed E-state index contributed by atoms with van der Waals surface area (Å²) in [5.74, 6) is 9.09. The van der Waals surface area contributed by atoms with Gasteiger partial charge in [-0.2, -0.15) is 0 Å². The predicted octanol–water partition coefficient (Wildman–Crippen LogP) is 1.28. The lowest BCUT2D eigenvalue weighted by Crippen LogP contribution is -2.32. The number of benzene rings is 1. The molecule has 27 heavy (non-hydrogen) atoms. The lowest BCUT2D eigenvalue weighted by molar-refractivity contribution is -0.301. The number of anilines is 1. The number of hydrogen-bond donors (Lipinski definition) is 1. The Balaban J connectivity index is 1.90. The van der Waals surface area contributed by atoms with Gasteiger partial charge in [0.05, 0.1) is 19.9 Å². The van der Waals surface area contributed by atoms with Crippen LogP contribution < -0.4 is 19.7 Å². The normalized spacial score (nSPS) is 13.4. The number of fused-ring (bicyclic) bond motifs is 1. The maximum Gasteiger partial charge on any atom is 0.187 e. The number of hydrogen-bond acceptors (Lipinski definition) is 7. The maximum absolute atomic E-state index is 5.33. The van der Waals surface area contributed by atoms with E-state index in [1.54, 1.807) is 14.2 Å². The summed E-state index contributed by atoms with van der Waals surface area (Å²) in [6.45, 7) is 2.22. The topological polar surface area (TPSA) is 70.0 Å². The van der Waals surface area contributed by atoms with Crippen LogP contribution in [0.3, 0.4) is 0 Å². The Hall–Kier alpha value is -2.73.